The maximum Gasteiger partial charge on any atom is 0.223 e. The van der Waals surface area contributed by atoms with Crippen molar-refractivity contribution in [2.24, 2.45) is 5.92 Å². The summed E-state index contributed by atoms with van der Waals surface area (Å²) in [5.74, 6) is 0.971. The Morgan fingerprint density at radius 3 is 3.07 bits per heavy atom. The number of H-pyrrole nitrogens is 1. The normalized spacial score (nSPS) is 18.9. The topological polar surface area (TPSA) is 105 Å². The van der Waals surface area contributed by atoms with Crippen molar-refractivity contribution in [2.75, 3.05) is 18.5 Å². The fraction of sp³-hybridized carbons (Fsp3) is 0.333. The summed E-state index contributed by atoms with van der Waals surface area (Å²) in [7, 11) is 0. The maximum atomic E-state index is 12.6. The Hall–Kier alpha value is -3.04. The van der Waals surface area contributed by atoms with E-state index in [1.54, 1.807) is 17.7 Å². The number of carbonyl (C=O) groups excluding carboxylic acids is 1. The second-order valence-electron chi connectivity index (χ2n) is 7.89. The lowest BCUT2D eigenvalue weighted by Crippen LogP contribution is -2.50. The zero-order chi connectivity index (χ0) is 20.1. The van der Waals surface area contributed by atoms with Crippen LogP contribution in [0.3, 0.4) is 0 Å². The Labute approximate surface area is 176 Å². The molecule has 1 aliphatic carbocycles. The Balaban J connectivity index is 1.29. The minimum absolute atomic E-state index is 0.0130. The van der Waals surface area contributed by atoms with Gasteiger partial charge in [-0.05, 0) is 43.0 Å². The number of carbonyl (C=O) groups is 1. The molecular weight excluding hydrogens is 400 g/mol. The van der Waals surface area contributed by atoms with Crippen molar-refractivity contribution in [1.82, 2.24) is 25.5 Å². The molecule has 6 rings (SSSR count). The molecular formula is C21H20N6O2S. The van der Waals surface area contributed by atoms with Crippen LogP contribution in [-0.4, -0.2) is 45.3 Å². The third-order valence-corrected chi connectivity index (χ3v) is 7.07. The first-order chi connectivity index (χ1) is 14.7. The predicted octanol–water partition coefficient (Wildman–Crippen LogP) is 2.93. The van der Waals surface area contributed by atoms with E-state index in [9.17, 15) is 4.79 Å². The molecule has 4 heterocycles. The van der Waals surface area contributed by atoms with Gasteiger partial charge >= 0.3 is 0 Å². The van der Waals surface area contributed by atoms with Crippen LogP contribution < -0.4 is 10.6 Å². The fourth-order valence-electron chi connectivity index (χ4n) is 4.22. The summed E-state index contributed by atoms with van der Waals surface area (Å²) in [5.41, 5.74) is 3.23. The lowest BCUT2D eigenvalue weighted by molar-refractivity contribution is -0.129. The molecule has 1 atom stereocenters. The monoisotopic (exact) mass is 420 g/mol. The average molecular weight is 420 g/mol. The number of aromatic nitrogens is 4. The van der Waals surface area contributed by atoms with Gasteiger partial charge in [-0.1, -0.05) is 0 Å². The van der Waals surface area contributed by atoms with Gasteiger partial charge in [0.1, 0.15) is 17.0 Å². The Bertz CT molecular complexity index is 1260. The van der Waals surface area contributed by atoms with E-state index in [0.29, 0.717) is 13.2 Å². The number of anilines is 2. The molecule has 30 heavy (non-hydrogen) atoms. The Morgan fingerprint density at radius 1 is 1.27 bits per heavy atom. The third-order valence-electron chi connectivity index (χ3n) is 5.90. The number of nitrogens with one attached hydrogen (secondary N) is 3. The summed E-state index contributed by atoms with van der Waals surface area (Å²) in [4.78, 5) is 23.9. The largest absolute Gasteiger partial charge is 0.377 e. The number of thiophene rings is 1. The summed E-state index contributed by atoms with van der Waals surface area (Å²) >= 11 is 1.68. The van der Waals surface area contributed by atoms with E-state index in [0.717, 1.165) is 51.9 Å². The third kappa shape index (κ3) is 3.01. The molecule has 1 amide bonds. The van der Waals surface area contributed by atoms with Gasteiger partial charge in [0.2, 0.25) is 5.91 Å². The summed E-state index contributed by atoms with van der Waals surface area (Å²) in [6.45, 7) is 1.25. The summed E-state index contributed by atoms with van der Waals surface area (Å²) in [5, 5.41) is 15.7. The molecule has 0 bridgehead atoms. The molecule has 0 radical (unpaired) electrons. The van der Waals surface area contributed by atoms with Crippen molar-refractivity contribution in [2.45, 2.75) is 25.3 Å². The molecule has 8 nitrogen and oxygen atoms in total. The van der Waals surface area contributed by atoms with Crippen LogP contribution in [0.1, 0.15) is 16.9 Å². The van der Waals surface area contributed by atoms with Crippen LogP contribution in [0.5, 0.6) is 0 Å². The van der Waals surface area contributed by atoms with Crippen molar-refractivity contribution >= 4 is 49.9 Å². The lowest BCUT2D eigenvalue weighted by Gasteiger charge is -2.30. The first kappa shape index (κ1) is 17.8. The van der Waals surface area contributed by atoms with E-state index in [-0.39, 0.29) is 17.9 Å². The maximum absolute atomic E-state index is 12.6. The summed E-state index contributed by atoms with van der Waals surface area (Å²) in [6.07, 6.45) is 5.87. The first-order valence-electron chi connectivity index (χ1n) is 10.1. The molecule has 2 aliphatic rings. The van der Waals surface area contributed by atoms with E-state index in [1.807, 2.05) is 18.3 Å². The van der Waals surface area contributed by atoms with Gasteiger partial charge in [0.15, 0.2) is 0 Å². The van der Waals surface area contributed by atoms with Crippen LogP contribution >= 0.6 is 11.3 Å². The van der Waals surface area contributed by atoms with E-state index in [2.05, 4.69) is 36.9 Å². The number of hydrogen-bond acceptors (Lipinski definition) is 7. The average Bonchev–Trinajstić information content (AvgIpc) is 3.34. The van der Waals surface area contributed by atoms with Crippen molar-refractivity contribution in [3.8, 4) is 0 Å². The van der Waals surface area contributed by atoms with Crippen molar-refractivity contribution in [1.29, 1.82) is 0 Å². The van der Waals surface area contributed by atoms with Crippen molar-refractivity contribution < 1.29 is 9.53 Å². The molecule has 1 unspecified atom stereocenters. The number of ether oxygens (including phenoxy) is 1. The zero-order valence-corrected chi connectivity index (χ0v) is 17.0. The van der Waals surface area contributed by atoms with Crippen LogP contribution in [-0.2, 0) is 22.4 Å². The minimum Gasteiger partial charge on any atom is -0.377 e. The fourth-order valence-corrected chi connectivity index (χ4v) is 5.49. The van der Waals surface area contributed by atoms with E-state index in [4.69, 9.17) is 4.74 Å². The van der Waals surface area contributed by atoms with Crippen molar-refractivity contribution in [3.63, 3.8) is 0 Å². The summed E-state index contributed by atoms with van der Waals surface area (Å²) in [6, 6.07) is 6.24. The highest BCUT2D eigenvalue weighted by atomic mass is 32.1. The number of aryl methyl sites for hydroxylation is 1. The second kappa shape index (κ2) is 7.03. The van der Waals surface area contributed by atoms with Crippen LogP contribution in [0.15, 0.2) is 30.7 Å². The molecule has 3 N–H and O–H groups in total. The quantitative estimate of drug-likeness (QED) is 0.469. The molecule has 3 aromatic heterocycles. The van der Waals surface area contributed by atoms with E-state index in [1.165, 1.54) is 10.4 Å². The van der Waals surface area contributed by atoms with E-state index >= 15 is 0 Å². The molecule has 1 saturated heterocycles. The molecule has 4 aromatic rings. The molecule has 0 spiro atoms. The SMILES string of the molecule is O=C(NC1COC1)C1CCc2c(sc3ncnc(Nc4ccc5[nH]ncc5c4)c23)C1. The van der Waals surface area contributed by atoms with Crippen LogP contribution in [0.25, 0.3) is 21.1 Å². The first-order valence-corrected chi connectivity index (χ1v) is 10.9. The van der Waals surface area contributed by atoms with Crippen LogP contribution in [0.4, 0.5) is 11.5 Å². The highest BCUT2D eigenvalue weighted by Gasteiger charge is 2.31. The number of amides is 1. The van der Waals surface area contributed by atoms with Gasteiger partial charge in [0.05, 0.1) is 36.4 Å². The van der Waals surface area contributed by atoms with Gasteiger partial charge in [-0.2, -0.15) is 5.10 Å². The summed E-state index contributed by atoms with van der Waals surface area (Å²) < 4.78 is 5.16. The smallest absolute Gasteiger partial charge is 0.223 e. The van der Waals surface area contributed by atoms with Gasteiger partial charge in [-0.15, -0.1) is 11.3 Å². The Morgan fingerprint density at radius 2 is 2.20 bits per heavy atom. The zero-order valence-electron chi connectivity index (χ0n) is 16.1. The van der Waals surface area contributed by atoms with E-state index < -0.39 is 0 Å². The molecule has 1 aliphatic heterocycles. The number of benzene rings is 1. The van der Waals surface area contributed by atoms with Crippen LogP contribution in [0, 0.1) is 5.92 Å². The highest BCUT2D eigenvalue weighted by molar-refractivity contribution is 7.19. The van der Waals surface area contributed by atoms with Crippen molar-refractivity contribution in [3.05, 3.63) is 41.2 Å². The molecule has 1 aromatic carbocycles. The number of hydrogen-bond donors (Lipinski definition) is 3. The van der Waals surface area contributed by atoms with Gasteiger partial charge in [0, 0.05) is 21.9 Å². The van der Waals surface area contributed by atoms with Gasteiger partial charge in [0.25, 0.3) is 0 Å². The number of rotatable bonds is 4. The predicted molar refractivity (Wildman–Crippen MR) is 115 cm³/mol. The Kier molecular flexibility index (Phi) is 4.17. The van der Waals surface area contributed by atoms with Gasteiger partial charge in [-0.3, -0.25) is 9.89 Å². The number of fused-ring (bicyclic) bond motifs is 4. The standard InChI is InChI=1S/C21H20N6O2S/c28-20(26-14-8-29-9-14)11-1-3-15-17(6-11)30-21-18(15)19(22-10-23-21)25-13-2-4-16-12(5-13)7-24-27-16/h2,4-5,7,10-11,14H,1,3,6,8-9H2,(H,24,27)(H,26,28)(H,22,23,25). The van der Waals surface area contributed by atoms with Crippen LogP contribution in [0.2, 0.25) is 0 Å². The lowest BCUT2D eigenvalue weighted by atomic mass is 9.87. The second-order valence-corrected chi connectivity index (χ2v) is 8.97. The molecule has 152 valence electrons. The molecule has 0 saturated carbocycles. The molecule has 9 heteroatoms. The van der Waals surface area contributed by atoms with Gasteiger partial charge in [-0.25, -0.2) is 9.97 Å². The minimum atomic E-state index is 0.0130. The van der Waals surface area contributed by atoms with Gasteiger partial charge < -0.3 is 15.4 Å². The highest BCUT2D eigenvalue weighted by Crippen LogP contribution is 2.40. The molecule has 1 fully saturated rings. The number of nitrogens with zero attached hydrogens (tertiary/aromatic N) is 3. The number of aromatic amines is 1.